The van der Waals surface area contributed by atoms with Crippen molar-refractivity contribution in [3.63, 3.8) is 0 Å². The maximum Gasteiger partial charge on any atom is 0.0678 e. The summed E-state index contributed by atoms with van der Waals surface area (Å²) in [5.41, 5.74) is 7.17. The third-order valence-corrected chi connectivity index (χ3v) is 3.47. The second-order valence-corrected chi connectivity index (χ2v) is 5.09. The zero-order valence-corrected chi connectivity index (χ0v) is 11.5. The highest BCUT2D eigenvalue weighted by atomic mass is 16.5. The summed E-state index contributed by atoms with van der Waals surface area (Å²) in [5, 5.41) is 4.34. The Balaban J connectivity index is 2.12. The minimum atomic E-state index is 0.249. The molecule has 3 atom stereocenters. The van der Waals surface area contributed by atoms with E-state index in [2.05, 4.69) is 37.0 Å². The average Bonchev–Trinajstić information content (AvgIpc) is 2.77. The van der Waals surface area contributed by atoms with Crippen molar-refractivity contribution in [2.45, 2.75) is 45.6 Å². The van der Waals surface area contributed by atoms with Crippen molar-refractivity contribution < 1.29 is 4.74 Å². The van der Waals surface area contributed by atoms with Crippen LogP contribution in [0.5, 0.6) is 0 Å². The molecule has 5 nitrogen and oxygen atoms in total. The molecule has 0 radical (unpaired) electrons. The Kier molecular flexibility index (Phi) is 4.37. The number of hydrogen-bond acceptors (Lipinski definition) is 4. The molecule has 2 rings (SSSR count). The van der Waals surface area contributed by atoms with Gasteiger partial charge in [-0.15, -0.1) is 0 Å². The van der Waals surface area contributed by atoms with E-state index in [1.54, 1.807) is 0 Å². The van der Waals surface area contributed by atoms with Gasteiger partial charge in [0.1, 0.15) is 0 Å². The molecule has 1 saturated heterocycles. The molecule has 1 fully saturated rings. The number of rotatable bonds is 4. The van der Waals surface area contributed by atoms with E-state index < -0.39 is 0 Å². The summed E-state index contributed by atoms with van der Waals surface area (Å²) in [5.74, 6) is 0. The molecule has 1 aliphatic rings. The topological polar surface area (TPSA) is 56.3 Å². The highest BCUT2D eigenvalue weighted by molar-refractivity contribution is 5.12. The monoisotopic (exact) mass is 252 g/mol. The number of ether oxygens (including phenoxy) is 1. The van der Waals surface area contributed by atoms with Crippen LogP contribution in [0.3, 0.4) is 0 Å². The number of hydrogen-bond donors (Lipinski definition) is 1. The van der Waals surface area contributed by atoms with Gasteiger partial charge >= 0.3 is 0 Å². The summed E-state index contributed by atoms with van der Waals surface area (Å²) in [7, 11) is 0. The average molecular weight is 252 g/mol. The summed E-state index contributed by atoms with van der Waals surface area (Å²) in [4.78, 5) is 2.41. The third-order valence-electron chi connectivity index (χ3n) is 3.47. The second-order valence-electron chi connectivity index (χ2n) is 5.09. The first kappa shape index (κ1) is 13.5. The molecular formula is C13H24N4O. The van der Waals surface area contributed by atoms with E-state index in [0.717, 1.165) is 19.6 Å². The molecule has 0 bridgehead atoms. The van der Waals surface area contributed by atoms with Crippen LogP contribution in [0.15, 0.2) is 12.4 Å². The van der Waals surface area contributed by atoms with Gasteiger partial charge in [0.05, 0.1) is 24.4 Å². The van der Waals surface area contributed by atoms with Gasteiger partial charge in [0.2, 0.25) is 0 Å². The molecule has 0 aromatic carbocycles. The van der Waals surface area contributed by atoms with E-state index in [-0.39, 0.29) is 18.2 Å². The molecule has 2 heterocycles. The Labute approximate surface area is 109 Å². The van der Waals surface area contributed by atoms with Crippen LogP contribution < -0.4 is 5.73 Å². The van der Waals surface area contributed by atoms with Crippen molar-refractivity contribution in [2.24, 2.45) is 5.73 Å². The smallest absolute Gasteiger partial charge is 0.0678 e. The standard InChI is InChI=1S/C13H24N4O/c1-4-17-9-12(6-15-17)13(5-14)16-7-10(2)18-11(3)8-16/h6,9-11,13H,4-5,7-8,14H2,1-3H3. The quantitative estimate of drug-likeness (QED) is 0.869. The maximum absolute atomic E-state index is 5.96. The van der Waals surface area contributed by atoms with E-state index in [1.807, 2.05) is 10.9 Å². The van der Waals surface area contributed by atoms with Crippen molar-refractivity contribution in [2.75, 3.05) is 19.6 Å². The SMILES string of the molecule is CCn1cc(C(CN)N2CC(C)OC(C)C2)cn1. The lowest BCUT2D eigenvalue weighted by atomic mass is 10.1. The van der Waals surface area contributed by atoms with Crippen LogP contribution in [0.2, 0.25) is 0 Å². The van der Waals surface area contributed by atoms with Crippen molar-refractivity contribution >= 4 is 0 Å². The van der Waals surface area contributed by atoms with Crippen molar-refractivity contribution in [3.05, 3.63) is 18.0 Å². The molecule has 0 aliphatic carbocycles. The Morgan fingerprint density at radius 3 is 2.61 bits per heavy atom. The fourth-order valence-corrected chi connectivity index (χ4v) is 2.69. The van der Waals surface area contributed by atoms with Gasteiger partial charge in [-0.3, -0.25) is 9.58 Å². The molecule has 1 aromatic heterocycles. The largest absolute Gasteiger partial charge is 0.373 e. The van der Waals surface area contributed by atoms with Crippen LogP contribution in [0.1, 0.15) is 32.4 Å². The Morgan fingerprint density at radius 2 is 2.11 bits per heavy atom. The molecule has 1 aromatic rings. The molecule has 0 spiro atoms. The first-order valence-corrected chi connectivity index (χ1v) is 6.76. The Hall–Kier alpha value is -0.910. The zero-order chi connectivity index (χ0) is 13.1. The Bertz CT molecular complexity index is 369. The van der Waals surface area contributed by atoms with E-state index >= 15 is 0 Å². The van der Waals surface area contributed by atoms with Crippen molar-refractivity contribution in [1.29, 1.82) is 0 Å². The lowest BCUT2D eigenvalue weighted by Crippen LogP contribution is -2.48. The number of aromatic nitrogens is 2. The first-order valence-electron chi connectivity index (χ1n) is 6.76. The third kappa shape index (κ3) is 2.91. The highest BCUT2D eigenvalue weighted by Crippen LogP contribution is 2.23. The predicted octanol–water partition coefficient (Wildman–Crippen LogP) is 1.01. The lowest BCUT2D eigenvalue weighted by molar-refractivity contribution is -0.0799. The molecule has 2 N–H and O–H groups in total. The van der Waals surface area contributed by atoms with Gasteiger partial charge in [0.15, 0.2) is 0 Å². The minimum absolute atomic E-state index is 0.249. The van der Waals surface area contributed by atoms with Crippen LogP contribution in [-0.4, -0.2) is 46.5 Å². The van der Waals surface area contributed by atoms with Crippen LogP contribution in [0.4, 0.5) is 0 Å². The highest BCUT2D eigenvalue weighted by Gasteiger charge is 2.28. The second kappa shape index (κ2) is 5.82. The summed E-state index contributed by atoms with van der Waals surface area (Å²) in [6.45, 7) is 9.71. The number of morpholine rings is 1. The van der Waals surface area contributed by atoms with Crippen LogP contribution in [0, 0.1) is 0 Å². The first-order chi connectivity index (χ1) is 8.63. The molecule has 1 aliphatic heterocycles. The van der Waals surface area contributed by atoms with Gasteiger partial charge in [-0.2, -0.15) is 5.10 Å². The van der Waals surface area contributed by atoms with E-state index in [9.17, 15) is 0 Å². The number of nitrogens with zero attached hydrogens (tertiary/aromatic N) is 3. The molecule has 18 heavy (non-hydrogen) atoms. The van der Waals surface area contributed by atoms with Gasteiger partial charge in [-0.1, -0.05) is 0 Å². The van der Waals surface area contributed by atoms with Crippen molar-refractivity contribution in [1.82, 2.24) is 14.7 Å². The molecular weight excluding hydrogens is 228 g/mol. The molecule has 3 unspecified atom stereocenters. The van der Waals surface area contributed by atoms with Gasteiger partial charge in [0, 0.05) is 37.9 Å². The molecule has 0 amide bonds. The fourth-order valence-electron chi connectivity index (χ4n) is 2.69. The lowest BCUT2D eigenvalue weighted by Gasteiger charge is -2.39. The Morgan fingerprint density at radius 1 is 1.44 bits per heavy atom. The summed E-state index contributed by atoms with van der Waals surface area (Å²) < 4.78 is 7.72. The summed E-state index contributed by atoms with van der Waals surface area (Å²) >= 11 is 0. The van der Waals surface area contributed by atoms with Gasteiger partial charge < -0.3 is 10.5 Å². The maximum atomic E-state index is 5.96. The van der Waals surface area contributed by atoms with Crippen LogP contribution >= 0.6 is 0 Å². The summed E-state index contributed by atoms with van der Waals surface area (Å²) in [6, 6.07) is 0.249. The van der Waals surface area contributed by atoms with Gasteiger partial charge in [-0.25, -0.2) is 0 Å². The number of nitrogens with two attached hydrogens (primary N) is 1. The minimum Gasteiger partial charge on any atom is -0.373 e. The molecule has 102 valence electrons. The predicted molar refractivity (Wildman–Crippen MR) is 71.3 cm³/mol. The van der Waals surface area contributed by atoms with Crippen molar-refractivity contribution in [3.8, 4) is 0 Å². The van der Waals surface area contributed by atoms with Crippen LogP contribution in [-0.2, 0) is 11.3 Å². The molecule has 0 saturated carbocycles. The summed E-state index contributed by atoms with van der Waals surface area (Å²) in [6.07, 6.45) is 4.57. The molecule has 5 heteroatoms. The van der Waals surface area contributed by atoms with E-state index in [1.165, 1.54) is 5.56 Å². The van der Waals surface area contributed by atoms with Crippen LogP contribution in [0.25, 0.3) is 0 Å². The normalized spacial score (nSPS) is 27.3. The van der Waals surface area contributed by atoms with E-state index in [4.69, 9.17) is 10.5 Å². The van der Waals surface area contributed by atoms with E-state index in [0.29, 0.717) is 6.54 Å². The van der Waals surface area contributed by atoms with Gasteiger partial charge in [-0.05, 0) is 20.8 Å². The van der Waals surface area contributed by atoms with Gasteiger partial charge in [0.25, 0.3) is 0 Å². The zero-order valence-electron chi connectivity index (χ0n) is 11.5. The number of aryl methyl sites for hydroxylation is 1. The fraction of sp³-hybridized carbons (Fsp3) is 0.769.